The molecule has 0 aliphatic carbocycles. The summed E-state index contributed by atoms with van der Waals surface area (Å²) in [4.78, 5) is 14.6. The molecule has 2 rings (SSSR count). The number of imidazole rings is 1. The van der Waals surface area contributed by atoms with E-state index in [1.54, 1.807) is 12.3 Å². The average molecular weight is 242 g/mol. The Morgan fingerprint density at radius 1 is 1.44 bits per heavy atom. The third-order valence-corrected chi connectivity index (χ3v) is 2.60. The van der Waals surface area contributed by atoms with Crippen LogP contribution in [0.3, 0.4) is 0 Å². The lowest BCUT2D eigenvalue weighted by atomic mass is 10.3. The first-order valence-electron chi connectivity index (χ1n) is 5.53. The molecule has 0 saturated heterocycles. The molecule has 6 heteroatoms. The predicted octanol–water partition coefficient (Wildman–Crippen LogP) is 1.03. The quantitative estimate of drug-likeness (QED) is 0.803. The number of hydrogen-bond donors (Lipinski definition) is 0. The van der Waals surface area contributed by atoms with E-state index in [0.29, 0.717) is 18.2 Å². The number of nitrogens with zero attached hydrogens (tertiary/aromatic N) is 6. The molecule has 6 nitrogen and oxygen atoms in total. The van der Waals surface area contributed by atoms with Gasteiger partial charge in [0.1, 0.15) is 17.6 Å². The minimum Gasteiger partial charge on any atom is -0.337 e. The molecule has 92 valence electrons. The average Bonchev–Trinajstić information content (AvgIpc) is 2.74. The van der Waals surface area contributed by atoms with Crippen LogP contribution in [0.1, 0.15) is 17.2 Å². The Kier molecular flexibility index (Phi) is 3.24. The Morgan fingerprint density at radius 3 is 2.83 bits per heavy atom. The Morgan fingerprint density at radius 2 is 2.22 bits per heavy atom. The molecule has 0 radical (unpaired) electrons. The molecular weight excluding hydrogens is 228 g/mol. The van der Waals surface area contributed by atoms with Crippen molar-refractivity contribution >= 4 is 5.95 Å². The van der Waals surface area contributed by atoms with Gasteiger partial charge in [0.05, 0.1) is 6.54 Å². The van der Waals surface area contributed by atoms with E-state index < -0.39 is 0 Å². The molecule has 0 aliphatic heterocycles. The Hall–Kier alpha value is -2.42. The molecule has 0 N–H and O–H groups in total. The van der Waals surface area contributed by atoms with Crippen LogP contribution >= 0.6 is 0 Å². The highest BCUT2D eigenvalue weighted by Crippen LogP contribution is 2.10. The highest BCUT2D eigenvalue weighted by molar-refractivity contribution is 5.35. The van der Waals surface area contributed by atoms with Gasteiger partial charge in [-0.2, -0.15) is 5.26 Å². The fraction of sp³-hybridized carbons (Fsp3) is 0.333. The number of anilines is 1. The molecule has 2 aromatic rings. The van der Waals surface area contributed by atoms with Gasteiger partial charge in [0.25, 0.3) is 0 Å². The van der Waals surface area contributed by atoms with Crippen LogP contribution in [-0.4, -0.2) is 26.6 Å². The summed E-state index contributed by atoms with van der Waals surface area (Å²) in [6, 6.07) is 3.70. The topological polar surface area (TPSA) is 70.6 Å². The summed E-state index contributed by atoms with van der Waals surface area (Å²) in [6.07, 6.45) is 3.64. The smallest absolute Gasteiger partial charge is 0.226 e. The fourth-order valence-corrected chi connectivity index (χ4v) is 1.61. The van der Waals surface area contributed by atoms with Gasteiger partial charge in [0.15, 0.2) is 0 Å². The summed E-state index contributed by atoms with van der Waals surface area (Å²) in [5, 5.41) is 8.89. The van der Waals surface area contributed by atoms with E-state index in [2.05, 4.69) is 15.0 Å². The highest BCUT2D eigenvalue weighted by Gasteiger charge is 2.10. The molecule has 0 amide bonds. The summed E-state index contributed by atoms with van der Waals surface area (Å²) in [6.45, 7) is 2.44. The second kappa shape index (κ2) is 4.84. The van der Waals surface area contributed by atoms with Gasteiger partial charge >= 0.3 is 0 Å². The monoisotopic (exact) mass is 242 g/mol. The molecule has 0 aliphatic rings. The lowest BCUT2D eigenvalue weighted by Crippen LogP contribution is -2.21. The van der Waals surface area contributed by atoms with Crippen LogP contribution in [0, 0.1) is 18.3 Å². The minimum atomic E-state index is 0.379. The molecule has 0 fully saturated rings. The third-order valence-electron chi connectivity index (χ3n) is 2.60. The van der Waals surface area contributed by atoms with Crippen LogP contribution in [0.25, 0.3) is 0 Å². The fourth-order valence-electron chi connectivity index (χ4n) is 1.61. The van der Waals surface area contributed by atoms with Gasteiger partial charge in [0, 0.05) is 32.2 Å². The van der Waals surface area contributed by atoms with Crippen molar-refractivity contribution in [3.63, 3.8) is 0 Å². The van der Waals surface area contributed by atoms with Crippen molar-refractivity contribution < 1.29 is 0 Å². The lowest BCUT2D eigenvalue weighted by Gasteiger charge is -2.17. The van der Waals surface area contributed by atoms with Crippen molar-refractivity contribution in [1.29, 1.82) is 5.26 Å². The summed E-state index contributed by atoms with van der Waals surface area (Å²) >= 11 is 0. The first-order valence-corrected chi connectivity index (χ1v) is 5.53. The number of hydrogen-bond acceptors (Lipinski definition) is 5. The lowest BCUT2D eigenvalue weighted by molar-refractivity contribution is 0.745. The van der Waals surface area contributed by atoms with Gasteiger partial charge in [0.2, 0.25) is 5.95 Å². The van der Waals surface area contributed by atoms with Crippen molar-refractivity contribution in [2.75, 3.05) is 11.9 Å². The molecule has 2 aromatic heterocycles. The molecule has 0 bridgehead atoms. The molecule has 2 heterocycles. The number of aryl methyl sites for hydroxylation is 2. The zero-order valence-electron chi connectivity index (χ0n) is 10.6. The molecule has 0 spiro atoms. The van der Waals surface area contributed by atoms with Crippen LogP contribution in [0.4, 0.5) is 5.95 Å². The van der Waals surface area contributed by atoms with E-state index in [-0.39, 0.29) is 0 Å². The maximum atomic E-state index is 8.89. The van der Waals surface area contributed by atoms with Crippen molar-refractivity contribution in [2.45, 2.75) is 13.5 Å². The minimum absolute atomic E-state index is 0.379. The summed E-state index contributed by atoms with van der Waals surface area (Å²) in [5.41, 5.74) is 1.16. The van der Waals surface area contributed by atoms with Crippen molar-refractivity contribution in [3.8, 4) is 6.07 Å². The van der Waals surface area contributed by atoms with E-state index in [4.69, 9.17) is 5.26 Å². The van der Waals surface area contributed by atoms with Crippen LogP contribution in [-0.2, 0) is 13.6 Å². The molecule has 0 aromatic carbocycles. The van der Waals surface area contributed by atoms with Crippen molar-refractivity contribution in [3.05, 3.63) is 35.7 Å². The van der Waals surface area contributed by atoms with E-state index in [0.717, 1.165) is 11.5 Å². The largest absolute Gasteiger partial charge is 0.337 e. The van der Waals surface area contributed by atoms with Gasteiger partial charge in [-0.25, -0.2) is 15.0 Å². The van der Waals surface area contributed by atoms with E-state index in [1.165, 1.54) is 0 Å². The van der Waals surface area contributed by atoms with Crippen molar-refractivity contribution in [2.24, 2.45) is 7.05 Å². The van der Waals surface area contributed by atoms with Gasteiger partial charge < -0.3 is 9.47 Å². The number of nitriles is 1. The molecule has 0 atom stereocenters. The van der Waals surface area contributed by atoms with E-state index >= 15 is 0 Å². The summed E-state index contributed by atoms with van der Waals surface area (Å²) in [5.74, 6) is 1.45. The normalized spacial score (nSPS) is 10.1. The second-order valence-electron chi connectivity index (χ2n) is 4.12. The zero-order chi connectivity index (χ0) is 13.1. The SMILES string of the molecule is Cc1cc(C#N)nc(N(C)Cc2nccn2C)n1. The Labute approximate surface area is 106 Å². The summed E-state index contributed by atoms with van der Waals surface area (Å²) in [7, 11) is 3.82. The summed E-state index contributed by atoms with van der Waals surface area (Å²) < 4.78 is 1.94. The first kappa shape index (κ1) is 12.0. The van der Waals surface area contributed by atoms with Gasteiger partial charge in [-0.05, 0) is 13.0 Å². The maximum absolute atomic E-state index is 8.89. The van der Waals surface area contributed by atoms with Crippen molar-refractivity contribution in [1.82, 2.24) is 19.5 Å². The number of rotatable bonds is 3. The van der Waals surface area contributed by atoms with Crippen LogP contribution in [0.2, 0.25) is 0 Å². The number of aromatic nitrogens is 4. The first-order chi connectivity index (χ1) is 8.60. The molecule has 0 unspecified atom stereocenters. The van der Waals surface area contributed by atoms with Gasteiger partial charge in [-0.3, -0.25) is 0 Å². The maximum Gasteiger partial charge on any atom is 0.226 e. The molecule has 0 saturated carbocycles. The van der Waals surface area contributed by atoms with Crippen LogP contribution in [0.5, 0.6) is 0 Å². The second-order valence-corrected chi connectivity index (χ2v) is 4.12. The van der Waals surface area contributed by atoms with E-state index in [9.17, 15) is 0 Å². The third kappa shape index (κ3) is 2.46. The standard InChI is InChI=1S/C12H14N6/c1-9-6-10(7-13)16-12(15-9)18(3)8-11-14-4-5-17(11)2/h4-6H,8H2,1-3H3. The highest BCUT2D eigenvalue weighted by atomic mass is 15.3. The van der Waals surface area contributed by atoms with Gasteiger partial charge in [-0.1, -0.05) is 0 Å². The Bertz CT molecular complexity index is 595. The molecule has 18 heavy (non-hydrogen) atoms. The zero-order valence-corrected chi connectivity index (χ0v) is 10.6. The van der Waals surface area contributed by atoms with Gasteiger partial charge in [-0.15, -0.1) is 0 Å². The predicted molar refractivity (Wildman–Crippen MR) is 66.8 cm³/mol. The van der Waals surface area contributed by atoms with Crippen LogP contribution < -0.4 is 4.90 Å². The Balaban J connectivity index is 2.24. The molecular formula is C12H14N6. The van der Waals surface area contributed by atoms with Crippen LogP contribution in [0.15, 0.2) is 18.5 Å². The van der Waals surface area contributed by atoms with E-state index in [1.807, 2.05) is 42.8 Å².